The minimum Gasteiger partial charge on any atom is -0.480 e. The van der Waals surface area contributed by atoms with Crippen molar-refractivity contribution in [1.29, 1.82) is 0 Å². The maximum absolute atomic E-state index is 10.8. The van der Waals surface area contributed by atoms with Crippen molar-refractivity contribution in [2.45, 2.75) is 43.7 Å². The lowest BCUT2D eigenvalue weighted by Crippen LogP contribution is -2.34. The predicted octanol–water partition coefficient (Wildman–Crippen LogP) is 0.0249. The second-order valence-electron chi connectivity index (χ2n) is 4.34. The third-order valence-corrected chi connectivity index (χ3v) is 2.69. The molecule has 0 unspecified atom stereocenters. The van der Waals surface area contributed by atoms with Gasteiger partial charge in [0.1, 0.15) is 11.1 Å². The van der Waals surface area contributed by atoms with E-state index in [1.165, 1.54) is 0 Å². The summed E-state index contributed by atoms with van der Waals surface area (Å²) in [6, 6.07) is 0. The van der Waals surface area contributed by atoms with Gasteiger partial charge in [0.15, 0.2) is 0 Å². The first-order valence-electron chi connectivity index (χ1n) is 5.32. The minimum absolute atomic E-state index is 0. The summed E-state index contributed by atoms with van der Waals surface area (Å²) >= 11 is 0. The zero-order valence-corrected chi connectivity index (χ0v) is 10.6. The third-order valence-electron chi connectivity index (χ3n) is 2.69. The van der Waals surface area contributed by atoms with Crippen molar-refractivity contribution in [2.24, 2.45) is 11.5 Å². The van der Waals surface area contributed by atoms with Crippen molar-refractivity contribution in [3.63, 3.8) is 0 Å². The highest BCUT2D eigenvalue weighted by molar-refractivity contribution is 5.85. The van der Waals surface area contributed by atoms with Crippen molar-refractivity contribution >= 4 is 24.3 Å². The standard InChI is InChI=1S/C6H11NO2.C4H7NO2.ClH/c1-2-9-5(8)6(7)3-4-6;5-4(1-2-4)3(6)7;/h2-4,7H2,1H3;1-2,5H2,(H,6,7);1H. The zero-order chi connectivity index (χ0) is 12.4. The van der Waals surface area contributed by atoms with Crippen LogP contribution in [0, 0.1) is 0 Å². The Balaban J connectivity index is 0.000000292. The van der Waals surface area contributed by atoms with Gasteiger partial charge in [-0.2, -0.15) is 0 Å². The molecule has 0 amide bonds. The molecule has 0 atom stereocenters. The summed E-state index contributed by atoms with van der Waals surface area (Å²) in [4.78, 5) is 20.7. The highest BCUT2D eigenvalue weighted by Gasteiger charge is 2.47. The number of ether oxygens (including phenoxy) is 1. The van der Waals surface area contributed by atoms with Crippen LogP contribution in [-0.2, 0) is 14.3 Å². The van der Waals surface area contributed by atoms with Crippen molar-refractivity contribution in [3.8, 4) is 0 Å². The molecule has 0 aromatic rings. The van der Waals surface area contributed by atoms with Crippen LogP contribution in [0.15, 0.2) is 0 Å². The molecule has 2 fully saturated rings. The number of carbonyl (C=O) groups is 2. The van der Waals surface area contributed by atoms with Gasteiger partial charge in [-0.15, -0.1) is 12.4 Å². The van der Waals surface area contributed by atoms with Crippen molar-refractivity contribution in [2.75, 3.05) is 6.61 Å². The van der Waals surface area contributed by atoms with E-state index in [-0.39, 0.29) is 18.4 Å². The fourth-order valence-electron chi connectivity index (χ4n) is 0.962. The van der Waals surface area contributed by atoms with Gasteiger partial charge in [0.05, 0.1) is 6.61 Å². The number of esters is 1. The lowest BCUT2D eigenvalue weighted by molar-refractivity contribution is -0.145. The molecule has 0 radical (unpaired) electrons. The van der Waals surface area contributed by atoms with Crippen molar-refractivity contribution in [3.05, 3.63) is 0 Å². The highest BCUT2D eigenvalue weighted by Crippen LogP contribution is 2.33. The second-order valence-corrected chi connectivity index (χ2v) is 4.34. The highest BCUT2D eigenvalue weighted by atomic mass is 35.5. The summed E-state index contributed by atoms with van der Waals surface area (Å²) in [5.41, 5.74) is 9.26. The van der Waals surface area contributed by atoms with Crippen LogP contribution in [0.25, 0.3) is 0 Å². The maximum Gasteiger partial charge on any atom is 0.326 e. The van der Waals surface area contributed by atoms with E-state index in [4.69, 9.17) is 21.3 Å². The molecule has 2 aliphatic rings. The summed E-state index contributed by atoms with van der Waals surface area (Å²) in [6.45, 7) is 2.21. The second kappa shape index (κ2) is 5.66. The van der Waals surface area contributed by atoms with Gasteiger partial charge in [-0.25, -0.2) is 0 Å². The fourth-order valence-corrected chi connectivity index (χ4v) is 0.962. The number of nitrogens with two attached hydrogens (primary N) is 2. The van der Waals surface area contributed by atoms with Gasteiger partial charge < -0.3 is 21.3 Å². The number of halogens is 1. The molecular weight excluding hydrogens is 248 g/mol. The molecule has 0 aromatic carbocycles. The molecule has 0 aliphatic heterocycles. The molecule has 2 rings (SSSR count). The smallest absolute Gasteiger partial charge is 0.326 e. The normalized spacial score (nSPS) is 21.1. The molecule has 0 aromatic heterocycles. The molecule has 0 spiro atoms. The molecule has 0 saturated heterocycles. The number of rotatable bonds is 3. The maximum atomic E-state index is 10.8. The van der Waals surface area contributed by atoms with Crippen LogP contribution in [0.5, 0.6) is 0 Å². The van der Waals surface area contributed by atoms with E-state index in [1.54, 1.807) is 6.92 Å². The first-order valence-corrected chi connectivity index (χ1v) is 5.32. The largest absolute Gasteiger partial charge is 0.480 e. The molecule has 5 N–H and O–H groups in total. The molecule has 100 valence electrons. The van der Waals surface area contributed by atoms with Gasteiger partial charge in [-0.1, -0.05) is 0 Å². The molecule has 7 heteroatoms. The first-order chi connectivity index (χ1) is 7.34. The summed E-state index contributed by atoms with van der Waals surface area (Å²) in [5, 5.41) is 8.19. The Morgan fingerprint density at radius 3 is 1.76 bits per heavy atom. The van der Waals surface area contributed by atoms with E-state index in [2.05, 4.69) is 0 Å². The fraction of sp³-hybridized carbons (Fsp3) is 0.800. The summed E-state index contributed by atoms with van der Waals surface area (Å²) in [7, 11) is 0. The molecule has 0 heterocycles. The number of carboxylic acids is 1. The van der Waals surface area contributed by atoms with E-state index < -0.39 is 17.0 Å². The Hall–Kier alpha value is -0.850. The van der Waals surface area contributed by atoms with E-state index in [0.29, 0.717) is 19.4 Å². The van der Waals surface area contributed by atoms with Crippen molar-refractivity contribution < 1.29 is 19.4 Å². The van der Waals surface area contributed by atoms with E-state index in [1.807, 2.05) is 0 Å². The third kappa shape index (κ3) is 4.49. The monoisotopic (exact) mass is 266 g/mol. The minimum atomic E-state index is -0.868. The van der Waals surface area contributed by atoms with Gasteiger partial charge in [0.2, 0.25) is 0 Å². The summed E-state index contributed by atoms with van der Waals surface area (Å²) < 4.78 is 4.70. The van der Waals surface area contributed by atoms with Gasteiger partial charge in [-0.05, 0) is 32.6 Å². The number of aliphatic carboxylic acids is 1. The SMILES string of the molecule is CCOC(=O)C1(N)CC1.Cl.NC1(C(=O)O)CC1. The van der Waals surface area contributed by atoms with E-state index in [9.17, 15) is 9.59 Å². The van der Waals surface area contributed by atoms with Crippen LogP contribution in [0.4, 0.5) is 0 Å². The molecular formula is C10H19ClN2O4. The number of hydrogen-bond acceptors (Lipinski definition) is 5. The predicted molar refractivity (Wildman–Crippen MR) is 63.8 cm³/mol. The summed E-state index contributed by atoms with van der Waals surface area (Å²) in [5.74, 6) is -1.11. The quantitative estimate of drug-likeness (QED) is 0.621. The van der Waals surface area contributed by atoms with Crippen LogP contribution in [0.1, 0.15) is 32.6 Å². The van der Waals surface area contributed by atoms with Crippen LogP contribution in [0.2, 0.25) is 0 Å². The summed E-state index contributed by atoms with van der Waals surface area (Å²) in [6.07, 6.45) is 2.85. The number of carboxylic acid groups (broad SMARTS) is 1. The molecule has 2 saturated carbocycles. The Kier molecular flexibility index (Phi) is 5.38. The Morgan fingerprint density at radius 2 is 1.59 bits per heavy atom. The van der Waals surface area contributed by atoms with E-state index in [0.717, 1.165) is 12.8 Å². The van der Waals surface area contributed by atoms with E-state index >= 15 is 0 Å². The molecule has 17 heavy (non-hydrogen) atoms. The topological polar surface area (TPSA) is 116 Å². The van der Waals surface area contributed by atoms with Gasteiger partial charge in [0, 0.05) is 0 Å². The Morgan fingerprint density at radius 1 is 1.18 bits per heavy atom. The lowest BCUT2D eigenvalue weighted by atomic mass is 10.3. The van der Waals surface area contributed by atoms with Gasteiger partial charge in [-0.3, -0.25) is 9.59 Å². The van der Waals surface area contributed by atoms with Gasteiger partial charge in [0.25, 0.3) is 0 Å². The number of hydrogen-bond donors (Lipinski definition) is 3. The van der Waals surface area contributed by atoms with Crippen LogP contribution in [0.3, 0.4) is 0 Å². The van der Waals surface area contributed by atoms with Crippen LogP contribution in [-0.4, -0.2) is 34.7 Å². The Bertz CT molecular complexity index is 301. The average Bonchev–Trinajstić information content (AvgIpc) is 3.08. The zero-order valence-electron chi connectivity index (χ0n) is 9.77. The molecule has 2 aliphatic carbocycles. The Labute approximate surface area is 106 Å². The van der Waals surface area contributed by atoms with Crippen LogP contribution < -0.4 is 11.5 Å². The van der Waals surface area contributed by atoms with Crippen molar-refractivity contribution in [1.82, 2.24) is 0 Å². The first kappa shape index (κ1) is 16.1. The number of carbonyl (C=O) groups excluding carboxylic acids is 1. The molecule has 6 nitrogen and oxygen atoms in total. The van der Waals surface area contributed by atoms with Gasteiger partial charge >= 0.3 is 11.9 Å². The molecule has 0 bridgehead atoms. The van der Waals surface area contributed by atoms with Crippen LogP contribution >= 0.6 is 12.4 Å². The average molecular weight is 267 g/mol. The lowest BCUT2D eigenvalue weighted by Gasteiger charge is -2.05.